The van der Waals surface area contributed by atoms with E-state index in [0.29, 0.717) is 5.69 Å². The van der Waals surface area contributed by atoms with Gasteiger partial charge < -0.3 is 10.4 Å². The summed E-state index contributed by atoms with van der Waals surface area (Å²) >= 11 is 5.77. The molecule has 3 nitrogen and oxygen atoms in total. The second-order valence-corrected chi connectivity index (χ2v) is 4.54. The monoisotopic (exact) mass is 251 g/mol. The number of hydrogen-bond acceptors (Lipinski definition) is 2. The number of hydrogen-bond donors (Lipinski definition) is 2. The smallest absolute Gasteiger partial charge is 0.227 e. The number of allylic oxidation sites excluding steroid dienone is 2. The van der Waals surface area contributed by atoms with Gasteiger partial charge in [0.1, 0.15) is 5.75 Å². The van der Waals surface area contributed by atoms with Gasteiger partial charge in [-0.1, -0.05) is 23.8 Å². The molecule has 17 heavy (non-hydrogen) atoms. The van der Waals surface area contributed by atoms with Crippen LogP contribution in [-0.2, 0) is 4.79 Å². The maximum absolute atomic E-state index is 11.9. The molecular weight excluding hydrogens is 238 g/mol. The van der Waals surface area contributed by atoms with Crippen LogP contribution in [0.3, 0.4) is 0 Å². The number of anilines is 1. The van der Waals surface area contributed by atoms with Gasteiger partial charge in [0.25, 0.3) is 0 Å². The summed E-state index contributed by atoms with van der Waals surface area (Å²) in [6.07, 6.45) is 6.76. The normalized spacial score (nSPS) is 19.0. The van der Waals surface area contributed by atoms with Gasteiger partial charge in [-0.3, -0.25) is 4.79 Å². The first-order valence-corrected chi connectivity index (χ1v) is 5.99. The SMILES string of the molecule is O=C(Nc1ccc(O)c(Cl)c1)C1CC=CCC1. The number of halogens is 1. The molecule has 2 rings (SSSR count). The molecule has 0 radical (unpaired) electrons. The molecule has 0 saturated carbocycles. The molecule has 0 aliphatic heterocycles. The third kappa shape index (κ3) is 3.01. The maximum atomic E-state index is 11.9. The highest BCUT2D eigenvalue weighted by atomic mass is 35.5. The van der Waals surface area contributed by atoms with Crippen molar-refractivity contribution in [2.24, 2.45) is 5.92 Å². The number of carbonyl (C=O) groups excluding carboxylic acids is 1. The summed E-state index contributed by atoms with van der Waals surface area (Å²) in [5, 5.41) is 12.3. The van der Waals surface area contributed by atoms with Crippen molar-refractivity contribution in [1.29, 1.82) is 0 Å². The minimum absolute atomic E-state index is 0.0103. The van der Waals surface area contributed by atoms with E-state index in [2.05, 4.69) is 11.4 Å². The second kappa shape index (κ2) is 5.23. The Morgan fingerprint density at radius 3 is 2.88 bits per heavy atom. The van der Waals surface area contributed by atoms with Crippen molar-refractivity contribution < 1.29 is 9.90 Å². The number of phenols is 1. The number of aromatic hydroxyl groups is 1. The summed E-state index contributed by atoms with van der Waals surface area (Å²) in [5.74, 6) is 0.0638. The number of nitrogens with one attached hydrogen (secondary N) is 1. The van der Waals surface area contributed by atoms with E-state index in [9.17, 15) is 9.90 Å². The molecule has 0 saturated heterocycles. The zero-order chi connectivity index (χ0) is 12.3. The molecule has 90 valence electrons. The fourth-order valence-corrected chi connectivity index (χ4v) is 2.04. The third-order valence-corrected chi connectivity index (χ3v) is 3.16. The Hall–Kier alpha value is -1.48. The molecule has 1 atom stereocenters. The van der Waals surface area contributed by atoms with Crippen LogP contribution in [0.2, 0.25) is 5.02 Å². The van der Waals surface area contributed by atoms with Gasteiger partial charge >= 0.3 is 0 Å². The first kappa shape index (κ1) is 12.0. The Morgan fingerprint density at radius 1 is 1.41 bits per heavy atom. The summed E-state index contributed by atoms with van der Waals surface area (Å²) < 4.78 is 0. The lowest BCUT2D eigenvalue weighted by atomic mass is 9.93. The fourth-order valence-electron chi connectivity index (χ4n) is 1.86. The predicted molar refractivity (Wildman–Crippen MR) is 68.2 cm³/mol. The zero-order valence-corrected chi connectivity index (χ0v) is 10.1. The van der Waals surface area contributed by atoms with E-state index in [-0.39, 0.29) is 22.6 Å². The van der Waals surface area contributed by atoms with E-state index in [4.69, 9.17) is 11.6 Å². The van der Waals surface area contributed by atoms with Crippen molar-refractivity contribution in [3.63, 3.8) is 0 Å². The number of carbonyl (C=O) groups is 1. The Bertz CT molecular complexity index is 457. The van der Waals surface area contributed by atoms with Crippen molar-refractivity contribution in [3.8, 4) is 5.75 Å². The Morgan fingerprint density at radius 2 is 2.24 bits per heavy atom. The first-order valence-electron chi connectivity index (χ1n) is 5.61. The van der Waals surface area contributed by atoms with Crippen LogP contribution in [0, 0.1) is 5.92 Å². The van der Waals surface area contributed by atoms with Gasteiger partial charge in [0, 0.05) is 11.6 Å². The van der Waals surface area contributed by atoms with Crippen LogP contribution >= 0.6 is 11.6 Å². The van der Waals surface area contributed by atoms with Crippen LogP contribution in [0.5, 0.6) is 5.75 Å². The fraction of sp³-hybridized carbons (Fsp3) is 0.308. The molecule has 1 unspecified atom stereocenters. The van der Waals surface area contributed by atoms with Gasteiger partial charge in [0.2, 0.25) is 5.91 Å². The Kier molecular flexibility index (Phi) is 3.69. The molecule has 0 spiro atoms. The largest absolute Gasteiger partial charge is 0.506 e. The highest BCUT2D eigenvalue weighted by Crippen LogP contribution is 2.27. The Labute approximate surface area is 105 Å². The lowest BCUT2D eigenvalue weighted by Gasteiger charge is -2.17. The minimum Gasteiger partial charge on any atom is -0.506 e. The van der Waals surface area contributed by atoms with Crippen LogP contribution in [0.1, 0.15) is 19.3 Å². The summed E-state index contributed by atoms with van der Waals surface area (Å²) in [6, 6.07) is 4.66. The van der Waals surface area contributed by atoms with E-state index in [1.165, 1.54) is 6.07 Å². The van der Waals surface area contributed by atoms with E-state index in [1.807, 2.05) is 6.08 Å². The molecule has 1 aliphatic rings. The topological polar surface area (TPSA) is 49.3 Å². The molecule has 2 N–H and O–H groups in total. The lowest BCUT2D eigenvalue weighted by Crippen LogP contribution is -2.23. The van der Waals surface area contributed by atoms with E-state index in [0.717, 1.165) is 19.3 Å². The average molecular weight is 252 g/mol. The average Bonchev–Trinajstić information content (AvgIpc) is 2.35. The zero-order valence-electron chi connectivity index (χ0n) is 9.32. The van der Waals surface area contributed by atoms with E-state index < -0.39 is 0 Å². The summed E-state index contributed by atoms with van der Waals surface area (Å²) in [6.45, 7) is 0. The van der Waals surface area contributed by atoms with Crippen molar-refractivity contribution in [2.75, 3.05) is 5.32 Å². The predicted octanol–water partition coefficient (Wildman–Crippen LogP) is 3.34. The second-order valence-electron chi connectivity index (χ2n) is 4.14. The third-order valence-electron chi connectivity index (χ3n) is 2.86. The van der Waals surface area contributed by atoms with Crippen LogP contribution in [0.25, 0.3) is 0 Å². The molecule has 1 amide bonds. The number of benzene rings is 1. The molecule has 1 aromatic rings. The summed E-state index contributed by atoms with van der Waals surface area (Å²) in [5.41, 5.74) is 0.618. The van der Waals surface area contributed by atoms with Crippen molar-refractivity contribution in [2.45, 2.75) is 19.3 Å². The first-order chi connectivity index (χ1) is 8.16. The van der Waals surface area contributed by atoms with Crippen LogP contribution < -0.4 is 5.32 Å². The molecule has 1 aliphatic carbocycles. The summed E-state index contributed by atoms with van der Waals surface area (Å²) in [4.78, 5) is 11.9. The van der Waals surface area contributed by atoms with Gasteiger partial charge in [0.05, 0.1) is 5.02 Å². The molecule has 0 bridgehead atoms. The van der Waals surface area contributed by atoms with Gasteiger partial charge in [0.15, 0.2) is 0 Å². The summed E-state index contributed by atoms with van der Waals surface area (Å²) in [7, 11) is 0. The van der Waals surface area contributed by atoms with E-state index >= 15 is 0 Å². The number of rotatable bonds is 2. The van der Waals surface area contributed by atoms with Gasteiger partial charge in [-0.25, -0.2) is 0 Å². The molecule has 1 aromatic carbocycles. The molecule has 4 heteroatoms. The van der Waals surface area contributed by atoms with Gasteiger partial charge in [-0.2, -0.15) is 0 Å². The van der Waals surface area contributed by atoms with Crippen molar-refractivity contribution >= 4 is 23.2 Å². The molecular formula is C13H14ClNO2. The lowest BCUT2D eigenvalue weighted by molar-refractivity contribution is -0.120. The highest BCUT2D eigenvalue weighted by molar-refractivity contribution is 6.32. The Balaban J connectivity index is 2.02. The van der Waals surface area contributed by atoms with Crippen molar-refractivity contribution in [3.05, 3.63) is 35.4 Å². The minimum atomic E-state index is 0.0103. The number of phenolic OH excluding ortho intramolecular Hbond substituents is 1. The number of amides is 1. The van der Waals surface area contributed by atoms with E-state index in [1.54, 1.807) is 12.1 Å². The molecule has 0 heterocycles. The maximum Gasteiger partial charge on any atom is 0.227 e. The standard InChI is InChI=1S/C13H14ClNO2/c14-11-8-10(6-7-12(11)16)15-13(17)9-4-2-1-3-5-9/h1-2,6-9,16H,3-5H2,(H,15,17). The highest BCUT2D eigenvalue weighted by Gasteiger charge is 2.18. The van der Waals surface area contributed by atoms with Crippen LogP contribution in [0.4, 0.5) is 5.69 Å². The molecule has 0 fully saturated rings. The van der Waals surface area contributed by atoms with Gasteiger partial charge in [-0.15, -0.1) is 0 Å². The quantitative estimate of drug-likeness (QED) is 0.626. The molecule has 0 aromatic heterocycles. The van der Waals surface area contributed by atoms with Crippen LogP contribution in [0.15, 0.2) is 30.4 Å². The van der Waals surface area contributed by atoms with Gasteiger partial charge in [-0.05, 0) is 37.5 Å². The van der Waals surface area contributed by atoms with Crippen molar-refractivity contribution in [1.82, 2.24) is 0 Å². The van der Waals surface area contributed by atoms with Crippen LogP contribution in [-0.4, -0.2) is 11.0 Å².